The highest BCUT2D eigenvalue weighted by molar-refractivity contribution is 6.83. The standard InChI is InChI=1S/C41H48N2OSi/c1-28(45(8,9)10)17-14-18-29-19-15-20-30(25-29)33-23-16-24-36-37(33)42-39(43(36)32-21-12-11-13-22-32)34-26-31(40(2,3)4)27-35(38(34)44)41(5,6)7/h11-17,19-27,44H,1,18H2,2-10H3/b17-14-. The molecule has 0 saturated carbocycles. The summed E-state index contributed by atoms with van der Waals surface area (Å²) in [6.07, 6.45) is 5.29. The first kappa shape index (κ1) is 32.2. The summed E-state index contributed by atoms with van der Waals surface area (Å²) in [6.45, 7) is 24.4. The second-order valence-corrected chi connectivity index (χ2v) is 20.4. The predicted octanol–water partition coefficient (Wildman–Crippen LogP) is 11.2. The van der Waals surface area contributed by atoms with Crippen LogP contribution in [0.25, 0.3) is 39.2 Å². The molecule has 4 heteroatoms. The zero-order valence-corrected chi connectivity index (χ0v) is 29.5. The molecule has 0 saturated heterocycles. The minimum Gasteiger partial charge on any atom is -0.507 e. The lowest BCUT2D eigenvalue weighted by Crippen LogP contribution is -2.21. The van der Waals surface area contributed by atoms with E-state index in [9.17, 15) is 5.11 Å². The lowest BCUT2D eigenvalue weighted by molar-refractivity contribution is 0.446. The van der Waals surface area contributed by atoms with Gasteiger partial charge in [-0.2, -0.15) is 0 Å². The largest absolute Gasteiger partial charge is 0.507 e. The molecular formula is C41H48N2OSi. The number of imidazole rings is 1. The van der Waals surface area contributed by atoms with E-state index in [2.05, 4.69) is 163 Å². The molecule has 0 aliphatic rings. The van der Waals surface area contributed by atoms with Crippen LogP contribution < -0.4 is 0 Å². The van der Waals surface area contributed by atoms with E-state index < -0.39 is 8.07 Å². The van der Waals surface area contributed by atoms with Crippen LogP contribution in [0.15, 0.2) is 109 Å². The van der Waals surface area contributed by atoms with Crippen molar-refractivity contribution in [2.45, 2.75) is 78.4 Å². The molecule has 5 rings (SSSR count). The van der Waals surface area contributed by atoms with E-state index in [0.717, 1.165) is 51.2 Å². The third-order valence-corrected chi connectivity index (χ3v) is 10.7. The Bertz CT molecular complexity index is 1890. The minimum atomic E-state index is -1.39. The van der Waals surface area contributed by atoms with E-state index in [-0.39, 0.29) is 10.8 Å². The van der Waals surface area contributed by atoms with Crippen LogP contribution in [0.2, 0.25) is 19.6 Å². The second-order valence-electron chi connectivity index (χ2n) is 15.3. The summed E-state index contributed by atoms with van der Waals surface area (Å²) in [5, 5.41) is 13.2. The fraction of sp³-hybridized carbons (Fsp3) is 0.293. The summed E-state index contributed by atoms with van der Waals surface area (Å²) in [5.41, 5.74) is 8.87. The molecule has 1 aromatic heterocycles. The highest BCUT2D eigenvalue weighted by atomic mass is 28.3. The van der Waals surface area contributed by atoms with Crippen LogP contribution >= 0.6 is 0 Å². The average molecular weight is 613 g/mol. The summed E-state index contributed by atoms with van der Waals surface area (Å²) in [7, 11) is -1.39. The van der Waals surface area contributed by atoms with Crippen molar-refractivity contribution in [2.24, 2.45) is 0 Å². The van der Waals surface area contributed by atoms with E-state index >= 15 is 0 Å². The molecular weight excluding hydrogens is 565 g/mol. The van der Waals surface area contributed by atoms with Crippen molar-refractivity contribution < 1.29 is 5.11 Å². The SMILES string of the molecule is C=C(/C=C\Cc1cccc(-c2cccc3c2nc(-c2cc(C(C)(C)C)cc(C(C)(C)C)c2O)n3-c2ccccc2)c1)[Si](C)(C)C. The molecule has 45 heavy (non-hydrogen) atoms. The summed E-state index contributed by atoms with van der Waals surface area (Å²) in [4.78, 5) is 5.37. The lowest BCUT2D eigenvalue weighted by atomic mass is 9.79. The maximum Gasteiger partial charge on any atom is 0.149 e. The Hall–Kier alpha value is -4.15. The number of rotatable bonds is 7. The Morgan fingerprint density at radius 1 is 0.822 bits per heavy atom. The van der Waals surface area contributed by atoms with Crippen molar-refractivity contribution in [3.05, 3.63) is 126 Å². The van der Waals surface area contributed by atoms with Gasteiger partial charge in [-0.05, 0) is 58.2 Å². The summed E-state index contributed by atoms with van der Waals surface area (Å²) >= 11 is 0. The maximum absolute atomic E-state index is 11.9. The molecule has 0 bridgehead atoms. The molecule has 4 aromatic carbocycles. The van der Waals surface area contributed by atoms with Crippen LogP contribution in [-0.2, 0) is 17.3 Å². The first-order valence-corrected chi connectivity index (χ1v) is 19.5. The van der Waals surface area contributed by atoms with Crippen molar-refractivity contribution in [3.8, 4) is 34.0 Å². The summed E-state index contributed by atoms with van der Waals surface area (Å²) in [6, 6.07) is 29.8. The molecule has 3 nitrogen and oxygen atoms in total. The van der Waals surface area contributed by atoms with Gasteiger partial charge in [0.05, 0.1) is 24.7 Å². The number of aromatic nitrogens is 2. The molecule has 1 heterocycles. The van der Waals surface area contributed by atoms with Crippen LogP contribution in [0.5, 0.6) is 5.75 Å². The van der Waals surface area contributed by atoms with E-state index in [1.165, 1.54) is 16.3 Å². The quantitative estimate of drug-likeness (QED) is 0.147. The van der Waals surface area contributed by atoms with Gasteiger partial charge >= 0.3 is 0 Å². The predicted molar refractivity (Wildman–Crippen MR) is 196 cm³/mol. The molecule has 0 atom stereocenters. The Balaban J connectivity index is 1.73. The van der Waals surface area contributed by atoms with Crippen molar-refractivity contribution in [1.29, 1.82) is 0 Å². The molecule has 0 fully saturated rings. The van der Waals surface area contributed by atoms with Crippen LogP contribution in [-0.4, -0.2) is 22.7 Å². The number of fused-ring (bicyclic) bond motifs is 1. The fourth-order valence-electron chi connectivity index (χ4n) is 5.61. The fourth-order valence-corrected chi connectivity index (χ4v) is 6.23. The van der Waals surface area contributed by atoms with Crippen LogP contribution in [0.4, 0.5) is 0 Å². The van der Waals surface area contributed by atoms with Gasteiger partial charge in [0.25, 0.3) is 0 Å². The van der Waals surface area contributed by atoms with E-state index in [1.807, 2.05) is 6.07 Å². The Labute approximate surface area is 271 Å². The van der Waals surface area contributed by atoms with E-state index in [0.29, 0.717) is 5.75 Å². The normalized spacial score (nSPS) is 12.7. The average Bonchev–Trinajstić information content (AvgIpc) is 3.35. The lowest BCUT2D eigenvalue weighted by Gasteiger charge is -2.27. The third kappa shape index (κ3) is 6.77. The molecule has 0 aliphatic heterocycles. The second kappa shape index (κ2) is 12.0. The van der Waals surface area contributed by atoms with Gasteiger partial charge in [0, 0.05) is 16.8 Å². The molecule has 232 valence electrons. The first-order valence-electron chi connectivity index (χ1n) is 16.0. The molecule has 0 radical (unpaired) electrons. The number of para-hydroxylation sites is 2. The summed E-state index contributed by atoms with van der Waals surface area (Å²) < 4.78 is 2.20. The number of phenols is 1. The number of allylic oxidation sites excluding steroid dienone is 3. The van der Waals surface area contributed by atoms with Crippen LogP contribution in [0, 0.1) is 0 Å². The van der Waals surface area contributed by atoms with Crippen molar-refractivity contribution in [3.63, 3.8) is 0 Å². The number of nitrogens with zero attached hydrogens (tertiary/aromatic N) is 2. The number of hydrogen-bond donors (Lipinski definition) is 1. The Morgan fingerprint density at radius 3 is 2.16 bits per heavy atom. The first-order chi connectivity index (χ1) is 21.1. The molecule has 1 N–H and O–H groups in total. The number of hydrogen-bond acceptors (Lipinski definition) is 2. The van der Waals surface area contributed by atoms with Crippen molar-refractivity contribution >= 4 is 19.1 Å². The van der Waals surface area contributed by atoms with Crippen LogP contribution in [0.1, 0.15) is 58.2 Å². The zero-order valence-electron chi connectivity index (χ0n) is 28.5. The van der Waals surface area contributed by atoms with Crippen LogP contribution in [0.3, 0.4) is 0 Å². The highest BCUT2D eigenvalue weighted by Crippen LogP contribution is 2.44. The third-order valence-electron chi connectivity index (χ3n) is 8.60. The van der Waals surface area contributed by atoms with E-state index in [1.54, 1.807) is 0 Å². The number of phenolic OH excluding ortho intramolecular Hbond substituents is 1. The van der Waals surface area contributed by atoms with Gasteiger partial charge in [-0.1, -0.05) is 146 Å². The van der Waals surface area contributed by atoms with Crippen molar-refractivity contribution in [1.82, 2.24) is 9.55 Å². The molecule has 0 aliphatic carbocycles. The Kier molecular flexibility index (Phi) is 8.58. The summed E-state index contributed by atoms with van der Waals surface area (Å²) in [5.74, 6) is 1.03. The number of aromatic hydroxyl groups is 1. The van der Waals surface area contributed by atoms with Gasteiger partial charge in [-0.25, -0.2) is 4.98 Å². The molecule has 0 spiro atoms. The van der Waals surface area contributed by atoms with Crippen molar-refractivity contribution in [2.75, 3.05) is 0 Å². The van der Waals surface area contributed by atoms with Gasteiger partial charge in [-0.15, -0.1) is 0 Å². The van der Waals surface area contributed by atoms with E-state index in [4.69, 9.17) is 4.98 Å². The Morgan fingerprint density at radius 2 is 1.51 bits per heavy atom. The topological polar surface area (TPSA) is 38.1 Å². The van der Waals surface area contributed by atoms with Gasteiger partial charge < -0.3 is 5.11 Å². The highest BCUT2D eigenvalue weighted by Gasteiger charge is 2.28. The maximum atomic E-state index is 11.9. The van der Waals surface area contributed by atoms with Gasteiger partial charge in [0.2, 0.25) is 0 Å². The molecule has 5 aromatic rings. The van der Waals surface area contributed by atoms with Gasteiger partial charge in [-0.3, -0.25) is 4.57 Å². The number of benzene rings is 4. The molecule has 0 unspecified atom stereocenters. The zero-order chi connectivity index (χ0) is 32.7. The minimum absolute atomic E-state index is 0.104. The smallest absolute Gasteiger partial charge is 0.149 e. The van der Waals surface area contributed by atoms with Gasteiger partial charge in [0.15, 0.2) is 0 Å². The van der Waals surface area contributed by atoms with Gasteiger partial charge in [0.1, 0.15) is 11.6 Å². The molecule has 0 amide bonds. The monoisotopic (exact) mass is 612 g/mol.